The molecule has 8 heteroatoms. The Balaban J connectivity index is 1.54. The number of fused-ring (bicyclic) bond motifs is 1. The molecule has 0 spiro atoms. The van der Waals surface area contributed by atoms with Gasteiger partial charge in [0.2, 0.25) is 5.95 Å². The van der Waals surface area contributed by atoms with E-state index in [2.05, 4.69) is 35.3 Å². The van der Waals surface area contributed by atoms with Crippen LogP contribution in [0, 0.1) is 0 Å². The summed E-state index contributed by atoms with van der Waals surface area (Å²) in [5.41, 5.74) is 0.835. The second-order valence-corrected chi connectivity index (χ2v) is 5.71. The predicted octanol–water partition coefficient (Wildman–Crippen LogP) is 1.23. The van der Waals surface area contributed by atoms with Crippen LogP contribution in [0.1, 0.15) is 12.8 Å². The van der Waals surface area contributed by atoms with E-state index < -0.39 is 0 Å². The first-order chi connectivity index (χ1) is 11.3. The molecule has 4 heterocycles. The summed E-state index contributed by atoms with van der Waals surface area (Å²) in [5, 5.41) is 8.74. The van der Waals surface area contributed by atoms with Crippen molar-refractivity contribution >= 4 is 22.8 Å². The average Bonchev–Trinajstić information content (AvgIpc) is 2.99. The summed E-state index contributed by atoms with van der Waals surface area (Å²) in [6.07, 6.45) is 9.13. The van der Waals surface area contributed by atoms with Crippen molar-refractivity contribution in [2.24, 2.45) is 7.05 Å². The van der Waals surface area contributed by atoms with Crippen LogP contribution in [-0.4, -0.2) is 48.8 Å². The SMILES string of the molecule is Cn1ncc2c(N[C@H]3CCCN(c4ncccn4)C3)ncnc21. The molecule has 1 aliphatic rings. The molecule has 0 saturated carbocycles. The molecule has 8 nitrogen and oxygen atoms in total. The molecule has 0 amide bonds. The molecular formula is C15H18N8. The third-order valence-electron chi connectivity index (χ3n) is 4.13. The monoisotopic (exact) mass is 310 g/mol. The maximum atomic E-state index is 4.39. The van der Waals surface area contributed by atoms with Crippen LogP contribution in [0.3, 0.4) is 0 Å². The average molecular weight is 310 g/mol. The lowest BCUT2D eigenvalue weighted by Gasteiger charge is -2.33. The number of piperidine rings is 1. The van der Waals surface area contributed by atoms with Gasteiger partial charge in [-0.2, -0.15) is 5.10 Å². The van der Waals surface area contributed by atoms with Crippen LogP contribution in [0.25, 0.3) is 11.0 Å². The number of nitrogens with zero attached hydrogens (tertiary/aromatic N) is 7. The second kappa shape index (κ2) is 5.79. The lowest BCUT2D eigenvalue weighted by molar-refractivity contribution is 0.522. The maximum absolute atomic E-state index is 4.39. The van der Waals surface area contributed by atoms with E-state index in [9.17, 15) is 0 Å². The number of hydrogen-bond acceptors (Lipinski definition) is 7. The van der Waals surface area contributed by atoms with E-state index in [1.807, 2.05) is 13.1 Å². The van der Waals surface area contributed by atoms with Crippen molar-refractivity contribution in [2.45, 2.75) is 18.9 Å². The first kappa shape index (κ1) is 13.9. The summed E-state index contributed by atoms with van der Waals surface area (Å²) in [6.45, 7) is 1.84. The zero-order valence-corrected chi connectivity index (χ0v) is 12.9. The molecule has 0 unspecified atom stereocenters. The fraction of sp³-hybridized carbons (Fsp3) is 0.400. The molecule has 1 fully saturated rings. The van der Waals surface area contributed by atoms with E-state index in [-0.39, 0.29) is 0 Å². The molecule has 4 rings (SSSR count). The number of rotatable bonds is 3. The lowest BCUT2D eigenvalue weighted by Crippen LogP contribution is -2.43. The number of aromatic nitrogens is 6. The number of aryl methyl sites for hydroxylation is 1. The first-order valence-electron chi connectivity index (χ1n) is 7.72. The molecule has 3 aromatic rings. The normalized spacial score (nSPS) is 18.3. The molecule has 23 heavy (non-hydrogen) atoms. The van der Waals surface area contributed by atoms with Crippen LogP contribution >= 0.6 is 0 Å². The summed E-state index contributed by atoms with van der Waals surface area (Å²) >= 11 is 0. The van der Waals surface area contributed by atoms with Crippen molar-refractivity contribution in [3.05, 3.63) is 31.0 Å². The van der Waals surface area contributed by atoms with Crippen LogP contribution in [0.2, 0.25) is 0 Å². The Morgan fingerprint density at radius 1 is 1.17 bits per heavy atom. The Kier molecular flexibility index (Phi) is 3.49. The minimum absolute atomic E-state index is 0.297. The van der Waals surface area contributed by atoms with Gasteiger partial charge in [-0.15, -0.1) is 0 Å². The quantitative estimate of drug-likeness (QED) is 0.779. The minimum Gasteiger partial charge on any atom is -0.365 e. The Bertz CT molecular complexity index is 800. The Morgan fingerprint density at radius 3 is 2.91 bits per heavy atom. The smallest absolute Gasteiger partial charge is 0.225 e. The molecule has 1 saturated heterocycles. The van der Waals surface area contributed by atoms with Gasteiger partial charge in [0.15, 0.2) is 5.65 Å². The Hall–Kier alpha value is -2.77. The molecule has 0 radical (unpaired) electrons. The molecule has 118 valence electrons. The lowest BCUT2D eigenvalue weighted by atomic mass is 10.1. The van der Waals surface area contributed by atoms with Gasteiger partial charge in [0.1, 0.15) is 12.1 Å². The van der Waals surface area contributed by atoms with Gasteiger partial charge in [-0.05, 0) is 18.9 Å². The van der Waals surface area contributed by atoms with Crippen LogP contribution in [0.5, 0.6) is 0 Å². The molecule has 0 bridgehead atoms. The van der Waals surface area contributed by atoms with Gasteiger partial charge in [0.25, 0.3) is 0 Å². The first-order valence-corrected chi connectivity index (χ1v) is 7.72. The predicted molar refractivity (Wildman–Crippen MR) is 87.2 cm³/mol. The summed E-state index contributed by atoms with van der Waals surface area (Å²) < 4.78 is 1.76. The number of anilines is 2. The summed E-state index contributed by atoms with van der Waals surface area (Å²) in [6, 6.07) is 2.13. The van der Waals surface area contributed by atoms with Crippen molar-refractivity contribution in [2.75, 3.05) is 23.3 Å². The van der Waals surface area contributed by atoms with E-state index >= 15 is 0 Å². The largest absolute Gasteiger partial charge is 0.365 e. The maximum Gasteiger partial charge on any atom is 0.225 e. The van der Waals surface area contributed by atoms with E-state index in [4.69, 9.17) is 0 Å². The third kappa shape index (κ3) is 2.67. The standard InChI is InChI=1S/C15H18N8/c1-22-14-12(8-20-22)13(18-10-19-14)21-11-4-2-7-23(9-11)15-16-5-3-6-17-15/h3,5-6,8,10-11H,2,4,7,9H2,1H3,(H,18,19,21)/t11-/m0/s1. The molecular weight excluding hydrogens is 292 g/mol. The van der Waals surface area contributed by atoms with E-state index in [0.29, 0.717) is 6.04 Å². The van der Waals surface area contributed by atoms with Crippen molar-refractivity contribution in [1.82, 2.24) is 29.7 Å². The Labute approximate surface area is 133 Å². The number of hydrogen-bond donors (Lipinski definition) is 1. The van der Waals surface area contributed by atoms with Crippen molar-refractivity contribution in [1.29, 1.82) is 0 Å². The van der Waals surface area contributed by atoms with Gasteiger partial charge in [-0.1, -0.05) is 0 Å². The van der Waals surface area contributed by atoms with Crippen LogP contribution in [0.4, 0.5) is 11.8 Å². The van der Waals surface area contributed by atoms with Crippen LogP contribution < -0.4 is 10.2 Å². The Morgan fingerprint density at radius 2 is 2.04 bits per heavy atom. The zero-order valence-electron chi connectivity index (χ0n) is 12.9. The minimum atomic E-state index is 0.297. The molecule has 0 aromatic carbocycles. The number of nitrogens with one attached hydrogen (secondary N) is 1. The van der Waals surface area contributed by atoms with Crippen molar-refractivity contribution in [3.8, 4) is 0 Å². The fourth-order valence-corrected chi connectivity index (χ4v) is 3.00. The van der Waals surface area contributed by atoms with Crippen LogP contribution in [-0.2, 0) is 7.05 Å². The van der Waals surface area contributed by atoms with E-state index in [0.717, 1.165) is 48.7 Å². The summed E-state index contributed by atoms with van der Waals surface area (Å²) in [4.78, 5) is 19.6. The second-order valence-electron chi connectivity index (χ2n) is 5.71. The van der Waals surface area contributed by atoms with E-state index in [1.165, 1.54) is 0 Å². The zero-order chi connectivity index (χ0) is 15.6. The fourth-order valence-electron chi connectivity index (χ4n) is 3.00. The van der Waals surface area contributed by atoms with Gasteiger partial charge in [-0.25, -0.2) is 19.9 Å². The van der Waals surface area contributed by atoms with Crippen LogP contribution in [0.15, 0.2) is 31.0 Å². The van der Waals surface area contributed by atoms with Gasteiger partial charge < -0.3 is 10.2 Å². The highest BCUT2D eigenvalue weighted by Gasteiger charge is 2.22. The highest BCUT2D eigenvalue weighted by Crippen LogP contribution is 2.22. The third-order valence-corrected chi connectivity index (χ3v) is 4.13. The van der Waals surface area contributed by atoms with Gasteiger partial charge in [0.05, 0.1) is 11.6 Å². The van der Waals surface area contributed by atoms with Crippen molar-refractivity contribution in [3.63, 3.8) is 0 Å². The summed E-state index contributed by atoms with van der Waals surface area (Å²) in [7, 11) is 1.88. The molecule has 3 aromatic heterocycles. The highest BCUT2D eigenvalue weighted by atomic mass is 15.3. The van der Waals surface area contributed by atoms with E-state index in [1.54, 1.807) is 29.6 Å². The van der Waals surface area contributed by atoms with Gasteiger partial charge >= 0.3 is 0 Å². The van der Waals surface area contributed by atoms with Gasteiger partial charge in [-0.3, -0.25) is 4.68 Å². The van der Waals surface area contributed by atoms with Crippen molar-refractivity contribution < 1.29 is 0 Å². The van der Waals surface area contributed by atoms with Gasteiger partial charge in [0, 0.05) is 38.6 Å². The molecule has 1 aliphatic heterocycles. The summed E-state index contributed by atoms with van der Waals surface area (Å²) in [5.74, 6) is 1.62. The highest BCUT2D eigenvalue weighted by molar-refractivity contribution is 5.86. The molecule has 1 N–H and O–H groups in total. The molecule has 1 atom stereocenters. The topological polar surface area (TPSA) is 84.7 Å². The molecule has 0 aliphatic carbocycles.